The van der Waals surface area contributed by atoms with Crippen LogP contribution in [0.15, 0.2) is 0 Å². The second kappa shape index (κ2) is 18.9. The van der Waals surface area contributed by atoms with Crippen molar-refractivity contribution < 1.29 is 34.2 Å². The van der Waals surface area contributed by atoms with Gasteiger partial charge in [-0.3, -0.25) is 24.0 Å². The fraction of sp³-hybridized carbons (Fsp3) is 0.844. The molecule has 0 saturated heterocycles. The Balaban J connectivity index is 6.50. The minimum Gasteiger partial charge on any atom is -0.368 e. The number of carbonyl (C=O) groups is 5. The van der Waals surface area contributed by atoms with E-state index in [4.69, 9.17) is 0 Å². The molecule has 256 valence electrons. The number of nitrogens with zero attached hydrogens (tertiary/aromatic N) is 3. The summed E-state index contributed by atoms with van der Waals surface area (Å²) in [5, 5.41) is 24.3. The van der Waals surface area contributed by atoms with E-state index >= 15 is 0 Å². The van der Waals surface area contributed by atoms with Crippen LogP contribution in [0.25, 0.3) is 0 Å². The molecule has 5 amide bonds. The Morgan fingerprint density at radius 2 is 1.20 bits per heavy atom. The molecule has 0 radical (unpaired) electrons. The molecule has 12 nitrogen and oxygen atoms in total. The molecule has 0 aromatic carbocycles. The molecule has 0 saturated carbocycles. The topological polar surface area (TPSA) is 160 Å². The van der Waals surface area contributed by atoms with Gasteiger partial charge in [0.15, 0.2) is 6.29 Å². The molecular weight excluding hydrogens is 566 g/mol. The van der Waals surface area contributed by atoms with Gasteiger partial charge < -0.3 is 35.5 Å². The van der Waals surface area contributed by atoms with Crippen LogP contribution in [0, 0.1) is 29.6 Å². The average molecular weight is 628 g/mol. The van der Waals surface area contributed by atoms with Gasteiger partial charge in [0.05, 0.1) is 0 Å². The highest BCUT2D eigenvalue weighted by Gasteiger charge is 2.42. The van der Waals surface area contributed by atoms with E-state index in [9.17, 15) is 34.2 Å². The maximum absolute atomic E-state index is 14.2. The predicted molar refractivity (Wildman–Crippen MR) is 171 cm³/mol. The highest BCUT2D eigenvalue weighted by molar-refractivity contribution is 5.95. The van der Waals surface area contributed by atoms with Gasteiger partial charge in [-0.1, -0.05) is 55.4 Å². The van der Waals surface area contributed by atoms with Gasteiger partial charge in [0.2, 0.25) is 29.5 Å². The van der Waals surface area contributed by atoms with Crippen molar-refractivity contribution in [1.82, 2.24) is 25.3 Å². The first-order valence-corrected chi connectivity index (χ1v) is 15.9. The van der Waals surface area contributed by atoms with Crippen molar-refractivity contribution in [2.75, 3.05) is 28.2 Å². The Bertz CT molecular complexity index is 955. The van der Waals surface area contributed by atoms with E-state index in [-0.39, 0.29) is 30.1 Å². The molecule has 0 spiro atoms. The van der Waals surface area contributed by atoms with Crippen LogP contribution in [0.1, 0.15) is 88.0 Å². The summed E-state index contributed by atoms with van der Waals surface area (Å²) in [7, 11) is 6.12. The molecular formula is C32H61N5O7. The molecule has 0 fully saturated rings. The molecule has 0 aromatic heterocycles. The Labute approximate surface area is 265 Å². The van der Waals surface area contributed by atoms with Gasteiger partial charge in [0, 0.05) is 41.0 Å². The van der Waals surface area contributed by atoms with Crippen LogP contribution >= 0.6 is 0 Å². The highest BCUT2D eigenvalue weighted by Crippen LogP contribution is 2.26. The van der Waals surface area contributed by atoms with E-state index in [0.717, 1.165) is 0 Å². The minimum absolute atomic E-state index is 0.0297. The Hall–Kier alpha value is -2.73. The SMILES string of the molecule is CNC(=O)[C@@H](C)NC(=O)[C@H]([C@H](C)[C@H](C)CC(O)O)N(C)C(=O)[C@H](C(C)C)N(C)C(=O)[C@H](CC(C)C)N(C)C(=O)CCC(C)C. The number of likely N-dealkylation sites (N-methyl/N-ethyl adjacent to an activating group) is 4. The third-order valence-corrected chi connectivity index (χ3v) is 8.44. The summed E-state index contributed by atoms with van der Waals surface area (Å²) in [6.07, 6.45) is -0.197. The minimum atomic E-state index is -1.60. The lowest BCUT2D eigenvalue weighted by Crippen LogP contribution is -2.61. The molecule has 12 heteroatoms. The molecule has 0 aliphatic heterocycles. The third-order valence-electron chi connectivity index (χ3n) is 8.44. The third kappa shape index (κ3) is 12.3. The van der Waals surface area contributed by atoms with E-state index in [0.29, 0.717) is 25.2 Å². The molecule has 0 aromatic rings. The standard InChI is InChI=1S/C32H61N5O7/c1-18(2)14-15-25(38)35(11)24(16-19(3)4)31(43)36(12)27(20(5)6)32(44)37(13)28(22(8)21(7)17-26(39)40)30(42)34-23(9)29(41)33-10/h18-24,26-28,39-40H,14-17H2,1-13H3,(H,33,41)(H,34,42)/t21-,22-,23-,24+,27+,28+/m1/s1. The zero-order chi connectivity index (χ0) is 34.6. The van der Waals surface area contributed by atoms with E-state index < -0.39 is 60.0 Å². The lowest BCUT2D eigenvalue weighted by molar-refractivity contribution is -0.155. The van der Waals surface area contributed by atoms with Crippen LogP contribution in [0.2, 0.25) is 0 Å². The zero-order valence-electron chi connectivity index (χ0n) is 29.4. The van der Waals surface area contributed by atoms with Crippen LogP contribution < -0.4 is 10.6 Å². The Morgan fingerprint density at radius 1 is 0.682 bits per heavy atom. The fourth-order valence-corrected chi connectivity index (χ4v) is 5.46. The number of carbonyl (C=O) groups excluding carboxylic acids is 5. The first-order valence-electron chi connectivity index (χ1n) is 15.9. The van der Waals surface area contributed by atoms with Gasteiger partial charge in [-0.15, -0.1) is 0 Å². The molecule has 0 aliphatic rings. The number of nitrogens with one attached hydrogen (secondary N) is 2. The Morgan fingerprint density at radius 3 is 1.64 bits per heavy atom. The molecule has 6 atom stereocenters. The van der Waals surface area contributed by atoms with Crippen LogP contribution in [-0.4, -0.2) is 113 Å². The Kier molecular flexibility index (Phi) is 17.8. The molecule has 44 heavy (non-hydrogen) atoms. The van der Waals surface area contributed by atoms with Crippen molar-refractivity contribution in [2.45, 2.75) is 118 Å². The summed E-state index contributed by atoms with van der Waals surface area (Å²) in [4.78, 5) is 71.3. The number of hydrogen-bond acceptors (Lipinski definition) is 7. The lowest BCUT2D eigenvalue weighted by Gasteiger charge is -2.41. The largest absolute Gasteiger partial charge is 0.368 e. The van der Waals surface area contributed by atoms with Crippen molar-refractivity contribution in [2.24, 2.45) is 29.6 Å². The first-order chi connectivity index (χ1) is 20.2. The van der Waals surface area contributed by atoms with Crippen molar-refractivity contribution in [3.8, 4) is 0 Å². The van der Waals surface area contributed by atoms with E-state index in [1.165, 1.54) is 35.7 Å². The summed E-state index contributed by atoms with van der Waals surface area (Å²) < 4.78 is 0. The summed E-state index contributed by atoms with van der Waals surface area (Å²) in [5.74, 6) is -2.81. The quantitative estimate of drug-likeness (QED) is 0.169. The summed E-state index contributed by atoms with van der Waals surface area (Å²) in [6.45, 7) is 16.7. The summed E-state index contributed by atoms with van der Waals surface area (Å²) >= 11 is 0. The number of aliphatic hydroxyl groups is 2. The number of hydrogen-bond donors (Lipinski definition) is 4. The molecule has 0 heterocycles. The maximum Gasteiger partial charge on any atom is 0.246 e. The smallest absolute Gasteiger partial charge is 0.246 e. The second-order valence-corrected chi connectivity index (χ2v) is 13.5. The van der Waals surface area contributed by atoms with Gasteiger partial charge in [0.25, 0.3) is 0 Å². The summed E-state index contributed by atoms with van der Waals surface area (Å²) in [6, 6.07) is -3.69. The molecule has 4 N–H and O–H groups in total. The van der Waals surface area contributed by atoms with Crippen LogP contribution in [0.4, 0.5) is 0 Å². The van der Waals surface area contributed by atoms with Crippen LogP contribution in [0.3, 0.4) is 0 Å². The molecule has 0 rings (SSSR count). The lowest BCUT2D eigenvalue weighted by atomic mass is 9.84. The van der Waals surface area contributed by atoms with Gasteiger partial charge in [-0.25, -0.2) is 0 Å². The van der Waals surface area contributed by atoms with E-state index in [1.807, 2.05) is 41.5 Å². The molecule has 0 bridgehead atoms. The number of rotatable bonds is 18. The van der Waals surface area contributed by atoms with E-state index in [2.05, 4.69) is 10.6 Å². The fourth-order valence-electron chi connectivity index (χ4n) is 5.46. The monoisotopic (exact) mass is 627 g/mol. The normalized spacial score (nSPS) is 15.8. The van der Waals surface area contributed by atoms with Gasteiger partial charge in [-0.05, 0) is 49.4 Å². The average Bonchev–Trinajstić information content (AvgIpc) is 2.92. The number of aliphatic hydroxyl groups excluding tert-OH is 1. The van der Waals surface area contributed by atoms with Crippen molar-refractivity contribution in [3.05, 3.63) is 0 Å². The second-order valence-electron chi connectivity index (χ2n) is 13.5. The van der Waals surface area contributed by atoms with Crippen molar-refractivity contribution >= 4 is 29.5 Å². The predicted octanol–water partition coefficient (Wildman–Crippen LogP) is 1.83. The van der Waals surface area contributed by atoms with Crippen LogP contribution in [0.5, 0.6) is 0 Å². The van der Waals surface area contributed by atoms with Crippen molar-refractivity contribution in [1.29, 1.82) is 0 Å². The van der Waals surface area contributed by atoms with Gasteiger partial charge in [-0.2, -0.15) is 0 Å². The van der Waals surface area contributed by atoms with E-state index in [1.54, 1.807) is 27.9 Å². The van der Waals surface area contributed by atoms with Crippen LogP contribution in [-0.2, 0) is 24.0 Å². The first kappa shape index (κ1) is 41.3. The molecule has 0 unspecified atom stereocenters. The highest BCUT2D eigenvalue weighted by atomic mass is 16.5. The summed E-state index contributed by atoms with van der Waals surface area (Å²) in [5.41, 5.74) is 0. The zero-order valence-corrected chi connectivity index (χ0v) is 29.4. The number of amides is 5. The molecule has 0 aliphatic carbocycles. The van der Waals surface area contributed by atoms with Crippen molar-refractivity contribution in [3.63, 3.8) is 0 Å². The van der Waals surface area contributed by atoms with Gasteiger partial charge >= 0.3 is 0 Å². The maximum atomic E-state index is 14.2. The van der Waals surface area contributed by atoms with Gasteiger partial charge in [0.1, 0.15) is 24.2 Å².